The Labute approximate surface area is 95.7 Å². The molecule has 0 N–H and O–H groups in total. The molecule has 0 saturated heterocycles. The third-order valence-electron chi connectivity index (χ3n) is 1.67. The first-order chi connectivity index (χ1) is 7.41. The van der Waals surface area contributed by atoms with Crippen molar-refractivity contribution in [2.75, 3.05) is 0 Å². The Morgan fingerprint density at radius 1 is 1.00 bits per heavy atom. The van der Waals surface area contributed by atoms with E-state index in [1.807, 2.05) is 27.7 Å². The second-order valence-corrected chi connectivity index (χ2v) is 2.62. The van der Waals surface area contributed by atoms with Crippen LogP contribution in [0.4, 0.5) is 13.2 Å². The van der Waals surface area contributed by atoms with Gasteiger partial charge in [0.25, 0.3) is 0 Å². The van der Waals surface area contributed by atoms with E-state index in [9.17, 15) is 13.2 Å². The summed E-state index contributed by atoms with van der Waals surface area (Å²) in [5, 5.41) is 0. The molecular weight excluding hydrogens is 215 g/mol. The molecule has 0 unspecified atom stereocenters. The molecule has 1 nitrogen and oxygen atoms in total. The van der Waals surface area contributed by atoms with Crippen LogP contribution in [0.15, 0.2) is 12.3 Å². The van der Waals surface area contributed by atoms with Gasteiger partial charge in [-0.25, -0.2) is 0 Å². The zero-order valence-electron chi connectivity index (χ0n) is 10.7. The second kappa shape index (κ2) is 8.13. The monoisotopic (exact) mass is 235 g/mol. The summed E-state index contributed by atoms with van der Waals surface area (Å²) in [6.45, 7) is 11.3. The van der Waals surface area contributed by atoms with Crippen LogP contribution in [0.25, 0.3) is 0 Å². The molecule has 1 aromatic rings. The molecule has 0 atom stereocenters. The van der Waals surface area contributed by atoms with Crippen molar-refractivity contribution >= 4 is 0 Å². The van der Waals surface area contributed by atoms with Crippen LogP contribution in [0.1, 0.15) is 44.5 Å². The predicted molar refractivity (Wildman–Crippen MR) is 61.4 cm³/mol. The molecule has 0 aromatic carbocycles. The summed E-state index contributed by atoms with van der Waals surface area (Å²) in [4.78, 5) is 3.63. The Morgan fingerprint density at radius 3 is 1.75 bits per heavy atom. The predicted octanol–water partition coefficient (Wildman–Crippen LogP) is 4.77. The van der Waals surface area contributed by atoms with E-state index in [-0.39, 0.29) is 0 Å². The zero-order valence-corrected chi connectivity index (χ0v) is 10.7. The molecule has 1 heterocycles. The molecule has 0 bridgehead atoms. The molecular formula is C12H20F3N. The Morgan fingerprint density at radius 2 is 1.44 bits per heavy atom. The van der Waals surface area contributed by atoms with Gasteiger partial charge in [-0.15, -0.1) is 0 Å². The SMILES string of the molecule is CC.CC.Cc1cc(C(F)(F)F)cnc1C. The van der Waals surface area contributed by atoms with Crippen LogP contribution in [0.2, 0.25) is 0 Å². The maximum Gasteiger partial charge on any atom is 0.417 e. The highest BCUT2D eigenvalue weighted by Crippen LogP contribution is 2.29. The lowest BCUT2D eigenvalue weighted by Crippen LogP contribution is -2.06. The maximum atomic E-state index is 12.1. The number of rotatable bonds is 0. The molecule has 0 spiro atoms. The molecule has 1 aromatic heterocycles. The smallest absolute Gasteiger partial charge is 0.261 e. The summed E-state index contributed by atoms with van der Waals surface area (Å²) < 4.78 is 36.2. The molecule has 94 valence electrons. The molecule has 1 rings (SSSR count). The van der Waals surface area contributed by atoms with E-state index in [0.29, 0.717) is 11.3 Å². The van der Waals surface area contributed by atoms with Crippen molar-refractivity contribution in [1.29, 1.82) is 0 Å². The molecule has 4 heteroatoms. The van der Waals surface area contributed by atoms with E-state index in [0.717, 1.165) is 12.3 Å². The highest BCUT2D eigenvalue weighted by atomic mass is 19.4. The van der Waals surface area contributed by atoms with E-state index >= 15 is 0 Å². The van der Waals surface area contributed by atoms with Crippen LogP contribution >= 0.6 is 0 Å². The van der Waals surface area contributed by atoms with E-state index in [1.165, 1.54) is 0 Å². The number of nitrogens with zero attached hydrogens (tertiary/aromatic N) is 1. The summed E-state index contributed by atoms with van der Waals surface area (Å²) in [6.07, 6.45) is -3.44. The van der Waals surface area contributed by atoms with Crippen LogP contribution in [0, 0.1) is 13.8 Å². The molecule has 0 saturated carbocycles. The minimum atomic E-state index is -4.29. The van der Waals surface area contributed by atoms with Crippen molar-refractivity contribution in [3.05, 3.63) is 29.1 Å². The van der Waals surface area contributed by atoms with Gasteiger partial charge in [-0.1, -0.05) is 27.7 Å². The average Bonchev–Trinajstić information content (AvgIpc) is 2.26. The van der Waals surface area contributed by atoms with Gasteiger partial charge in [0.1, 0.15) is 0 Å². The summed E-state index contributed by atoms with van der Waals surface area (Å²) in [5.41, 5.74) is 0.499. The zero-order chi connectivity index (χ0) is 13.4. The average molecular weight is 235 g/mol. The van der Waals surface area contributed by atoms with Crippen molar-refractivity contribution in [3.8, 4) is 0 Å². The van der Waals surface area contributed by atoms with Crippen LogP contribution in [0.3, 0.4) is 0 Å². The number of hydrogen-bond donors (Lipinski definition) is 0. The molecule has 0 amide bonds. The first-order valence-corrected chi connectivity index (χ1v) is 5.41. The van der Waals surface area contributed by atoms with E-state index in [4.69, 9.17) is 0 Å². The van der Waals surface area contributed by atoms with E-state index < -0.39 is 11.7 Å². The van der Waals surface area contributed by atoms with Crippen molar-refractivity contribution < 1.29 is 13.2 Å². The van der Waals surface area contributed by atoms with Crippen LogP contribution in [0.5, 0.6) is 0 Å². The normalized spacial score (nSPS) is 9.56. The maximum absolute atomic E-state index is 12.1. The largest absolute Gasteiger partial charge is 0.417 e. The fraction of sp³-hybridized carbons (Fsp3) is 0.583. The van der Waals surface area contributed by atoms with Gasteiger partial charge < -0.3 is 0 Å². The summed E-state index contributed by atoms with van der Waals surface area (Å²) in [7, 11) is 0. The Bertz CT molecular complexity index is 293. The minimum absolute atomic E-state index is 0.560. The van der Waals surface area contributed by atoms with E-state index in [2.05, 4.69) is 4.98 Å². The van der Waals surface area contributed by atoms with Crippen LogP contribution < -0.4 is 0 Å². The Balaban J connectivity index is 0. The van der Waals surface area contributed by atoms with Gasteiger partial charge in [0.2, 0.25) is 0 Å². The van der Waals surface area contributed by atoms with Crippen molar-refractivity contribution in [2.45, 2.75) is 47.7 Å². The molecule has 0 radical (unpaired) electrons. The summed E-state index contributed by atoms with van der Waals surface area (Å²) >= 11 is 0. The number of aromatic nitrogens is 1. The highest BCUT2D eigenvalue weighted by molar-refractivity contribution is 5.24. The second-order valence-electron chi connectivity index (χ2n) is 2.62. The number of hydrogen-bond acceptors (Lipinski definition) is 1. The van der Waals surface area contributed by atoms with Crippen molar-refractivity contribution in [2.24, 2.45) is 0 Å². The first kappa shape index (κ1) is 17.3. The number of pyridine rings is 1. The number of halogens is 3. The topological polar surface area (TPSA) is 12.9 Å². The Hall–Kier alpha value is -1.06. The van der Waals surface area contributed by atoms with Crippen LogP contribution in [-0.2, 0) is 6.18 Å². The first-order valence-electron chi connectivity index (χ1n) is 5.41. The molecule has 0 aliphatic rings. The molecule has 16 heavy (non-hydrogen) atoms. The van der Waals surface area contributed by atoms with Gasteiger partial charge >= 0.3 is 6.18 Å². The van der Waals surface area contributed by atoms with Gasteiger partial charge in [-0.05, 0) is 25.5 Å². The number of aryl methyl sites for hydroxylation is 2. The standard InChI is InChI=1S/C8H8F3N.2C2H6/c1-5-3-7(8(9,10)11)4-12-6(5)2;2*1-2/h3-4H,1-2H3;2*1-2H3. The number of alkyl halides is 3. The third kappa shape index (κ3) is 5.73. The quantitative estimate of drug-likeness (QED) is 0.631. The van der Waals surface area contributed by atoms with Crippen LogP contribution in [-0.4, -0.2) is 4.98 Å². The summed E-state index contributed by atoms with van der Waals surface area (Å²) in [5.74, 6) is 0. The fourth-order valence-corrected chi connectivity index (χ4v) is 0.798. The molecule has 0 aliphatic carbocycles. The molecule has 0 aliphatic heterocycles. The lowest BCUT2D eigenvalue weighted by Gasteiger charge is -2.07. The van der Waals surface area contributed by atoms with Crippen molar-refractivity contribution in [3.63, 3.8) is 0 Å². The third-order valence-corrected chi connectivity index (χ3v) is 1.67. The molecule has 0 fully saturated rings. The summed E-state index contributed by atoms with van der Waals surface area (Å²) in [6, 6.07) is 1.10. The lowest BCUT2D eigenvalue weighted by atomic mass is 10.1. The van der Waals surface area contributed by atoms with Gasteiger partial charge in [-0.3, -0.25) is 4.98 Å². The van der Waals surface area contributed by atoms with Crippen molar-refractivity contribution in [1.82, 2.24) is 4.98 Å². The van der Waals surface area contributed by atoms with E-state index in [1.54, 1.807) is 13.8 Å². The highest BCUT2D eigenvalue weighted by Gasteiger charge is 2.30. The fourth-order valence-electron chi connectivity index (χ4n) is 0.798. The van der Waals surface area contributed by atoms with Gasteiger partial charge in [0.15, 0.2) is 0 Å². The minimum Gasteiger partial charge on any atom is -0.261 e. The lowest BCUT2D eigenvalue weighted by molar-refractivity contribution is -0.137. The van der Waals surface area contributed by atoms with Gasteiger partial charge in [-0.2, -0.15) is 13.2 Å². The van der Waals surface area contributed by atoms with Gasteiger partial charge in [0, 0.05) is 11.9 Å². The Kier molecular flexibility index (Phi) is 8.81. The van der Waals surface area contributed by atoms with Gasteiger partial charge in [0.05, 0.1) is 5.56 Å².